The van der Waals surface area contributed by atoms with E-state index in [1.54, 1.807) is 43.6 Å². The van der Waals surface area contributed by atoms with Crippen molar-refractivity contribution in [2.75, 3.05) is 12.4 Å². The minimum Gasteiger partial charge on any atom is -0.481 e. The Morgan fingerprint density at radius 3 is 2.50 bits per heavy atom. The Hall–Kier alpha value is -2.96. The SMILES string of the molecule is COc1ccc([C@@H](CC(=O)Nc2cccc(F)c2CCC(C)N)c2ccc(Cl)cc2)cn1. The molecule has 0 saturated carbocycles. The van der Waals surface area contributed by atoms with Crippen LogP contribution in [0.3, 0.4) is 0 Å². The summed E-state index contributed by atoms with van der Waals surface area (Å²) in [5.74, 6) is -0.344. The summed E-state index contributed by atoms with van der Waals surface area (Å²) in [5, 5.41) is 3.50. The van der Waals surface area contributed by atoms with Gasteiger partial charge in [-0.15, -0.1) is 0 Å². The molecule has 0 aliphatic carbocycles. The highest BCUT2D eigenvalue weighted by atomic mass is 35.5. The highest BCUT2D eigenvalue weighted by Gasteiger charge is 2.20. The van der Waals surface area contributed by atoms with Crippen molar-refractivity contribution in [2.24, 2.45) is 5.73 Å². The van der Waals surface area contributed by atoms with Crippen LogP contribution >= 0.6 is 11.6 Å². The van der Waals surface area contributed by atoms with Crippen LogP contribution in [0.1, 0.15) is 42.4 Å². The average molecular weight is 456 g/mol. The number of ether oxygens (including phenoxy) is 1. The van der Waals surface area contributed by atoms with Gasteiger partial charge in [-0.2, -0.15) is 0 Å². The largest absolute Gasteiger partial charge is 0.481 e. The van der Waals surface area contributed by atoms with Crippen LogP contribution in [0, 0.1) is 5.82 Å². The predicted molar refractivity (Wildman–Crippen MR) is 126 cm³/mol. The van der Waals surface area contributed by atoms with E-state index >= 15 is 0 Å². The molecule has 1 amide bonds. The Morgan fingerprint density at radius 1 is 1.16 bits per heavy atom. The number of pyridine rings is 1. The molecule has 0 bridgehead atoms. The van der Waals surface area contributed by atoms with Crippen molar-refractivity contribution in [2.45, 2.75) is 38.1 Å². The van der Waals surface area contributed by atoms with Crippen LogP contribution in [-0.2, 0) is 11.2 Å². The minimum absolute atomic E-state index is 0.0602. The second-order valence-electron chi connectivity index (χ2n) is 7.77. The summed E-state index contributed by atoms with van der Waals surface area (Å²) in [6, 6.07) is 15.6. The summed E-state index contributed by atoms with van der Waals surface area (Å²) < 4.78 is 19.6. The molecular weight excluding hydrogens is 429 g/mol. The maximum atomic E-state index is 14.4. The maximum Gasteiger partial charge on any atom is 0.225 e. The molecule has 1 aromatic heterocycles. The van der Waals surface area contributed by atoms with E-state index in [0.29, 0.717) is 35.0 Å². The van der Waals surface area contributed by atoms with Crippen LogP contribution in [-0.4, -0.2) is 24.0 Å². The van der Waals surface area contributed by atoms with Crippen LogP contribution in [0.4, 0.5) is 10.1 Å². The van der Waals surface area contributed by atoms with E-state index in [0.717, 1.165) is 11.1 Å². The van der Waals surface area contributed by atoms with Crippen LogP contribution in [0.2, 0.25) is 5.02 Å². The van der Waals surface area contributed by atoms with Crippen molar-refractivity contribution >= 4 is 23.2 Å². The van der Waals surface area contributed by atoms with Crippen molar-refractivity contribution in [3.8, 4) is 5.88 Å². The van der Waals surface area contributed by atoms with E-state index < -0.39 is 0 Å². The minimum atomic E-state index is -0.350. The lowest BCUT2D eigenvalue weighted by molar-refractivity contribution is -0.116. The molecule has 2 aromatic carbocycles. The molecule has 1 unspecified atom stereocenters. The molecule has 5 nitrogen and oxygen atoms in total. The third kappa shape index (κ3) is 6.28. The van der Waals surface area contributed by atoms with Crippen molar-refractivity contribution in [3.63, 3.8) is 0 Å². The highest BCUT2D eigenvalue weighted by molar-refractivity contribution is 6.30. The zero-order valence-electron chi connectivity index (χ0n) is 18.1. The Labute approximate surface area is 192 Å². The molecule has 168 valence electrons. The Morgan fingerprint density at radius 2 is 1.88 bits per heavy atom. The summed E-state index contributed by atoms with van der Waals surface area (Å²) in [6.45, 7) is 1.87. The number of anilines is 1. The molecular formula is C25H27ClFN3O2. The molecule has 2 atom stereocenters. The average Bonchev–Trinajstić information content (AvgIpc) is 2.78. The predicted octanol–water partition coefficient (Wildman–Crippen LogP) is 5.32. The molecule has 3 N–H and O–H groups in total. The first-order valence-corrected chi connectivity index (χ1v) is 10.8. The number of hydrogen-bond donors (Lipinski definition) is 2. The lowest BCUT2D eigenvalue weighted by Crippen LogP contribution is -2.19. The second-order valence-corrected chi connectivity index (χ2v) is 8.21. The molecule has 3 aromatic rings. The van der Waals surface area contributed by atoms with Gasteiger partial charge < -0.3 is 15.8 Å². The van der Waals surface area contributed by atoms with Gasteiger partial charge in [0.25, 0.3) is 0 Å². The number of aromatic nitrogens is 1. The lowest BCUT2D eigenvalue weighted by atomic mass is 9.89. The molecule has 0 fully saturated rings. The van der Waals surface area contributed by atoms with Gasteiger partial charge in [-0.1, -0.05) is 35.9 Å². The van der Waals surface area contributed by atoms with Gasteiger partial charge in [0, 0.05) is 46.9 Å². The number of methoxy groups -OCH3 is 1. The number of nitrogens with zero attached hydrogens (tertiary/aromatic N) is 1. The van der Waals surface area contributed by atoms with Gasteiger partial charge in [-0.3, -0.25) is 4.79 Å². The molecule has 3 rings (SSSR count). The number of carbonyl (C=O) groups excluding carboxylic acids is 1. The first kappa shape index (κ1) is 23.7. The number of carbonyl (C=O) groups is 1. The number of hydrogen-bond acceptors (Lipinski definition) is 4. The number of nitrogens with one attached hydrogen (secondary N) is 1. The summed E-state index contributed by atoms with van der Waals surface area (Å²) in [6.07, 6.45) is 2.91. The Bertz CT molecular complexity index is 1040. The fraction of sp³-hybridized carbons (Fsp3) is 0.280. The molecule has 0 saturated heterocycles. The first-order chi connectivity index (χ1) is 15.4. The summed E-state index contributed by atoms with van der Waals surface area (Å²) in [4.78, 5) is 17.3. The number of amides is 1. The fourth-order valence-corrected chi connectivity index (χ4v) is 3.66. The number of benzene rings is 2. The number of rotatable bonds is 9. The van der Waals surface area contributed by atoms with E-state index in [9.17, 15) is 9.18 Å². The summed E-state index contributed by atoms with van der Waals surface area (Å²) >= 11 is 6.05. The van der Waals surface area contributed by atoms with E-state index in [2.05, 4.69) is 10.3 Å². The summed E-state index contributed by atoms with van der Waals surface area (Å²) in [5.41, 5.74) is 8.55. The Kier molecular flexibility index (Phi) is 8.20. The standard InChI is InChI=1S/C25H27ClFN3O2/c1-16(28)6-12-20-22(27)4-3-5-23(20)30-24(31)14-21(17-7-10-19(26)11-8-17)18-9-13-25(32-2)29-15-18/h3-5,7-11,13,15-16,21H,6,12,14,28H2,1-2H3,(H,30,31)/t16?,21-/m0/s1. The van der Waals surface area contributed by atoms with Gasteiger partial charge >= 0.3 is 0 Å². The zero-order chi connectivity index (χ0) is 23.1. The van der Waals surface area contributed by atoms with E-state index in [4.69, 9.17) is 22.1 Å². The first-order valence-electron chi connectivity index (χ1n) is 10.5. The van der Waals surface area contributed by atoms with Crippen LogP contribution in [0.15, 0.2) is 60.8 Å². The van der Waals surface area contributed by atoms with Crippen molar-refractivity contribution in [3.05, 3.63) is 88.3 Å². The zero-order valence-corrected chi connectivity index (χ0v) is 18.9. The summed E-state index contributed by atoms with van der Waals surface area (Å²) in [7, 11) is 1.55. The van der Waals surface area contributed by atoms with Gasteiger partial charge in [0.15, 0.2) is 0 Å². The van der Waals surface area contributed by atoms with Gasteiger partial charge in [-0.25, -0.2) is 9.37 Å². The molecule has 0 spiro atoms. The quantitative estimate of drug-likeness (QED) is 0.457. The molecule has 7 heteroatoms. The van der Waals surface area contributed by atoms with Crippen LogP contribution < -0.4 is 15.8 Å². The fourth-order valence-electron chi connectivity index (χ4n) is 3.53. The molecule has 0 radical (unpaired) electrons. The normalized spacial score (nSPS) is 12.8. The van der Waals surface area contributed by atoms with Gasteiger partial charge in [0.05, 0.1) is 7.11 Å². The molecule has 0 aliphatic heterocycles. The van der Waals surface area contributed by atoms with Gasteiger partial charge in [0.1, 0.15) is 5.82 Å². The molecule has 1 heterocycles. The van der Waals surface area contributed by atoms with Gasteiger partial charge in [-0.05, 0) is 55.2 Å². The molecule has 32 heavy (non-hydrogen) atoms. The van der Waals surface area contributed by atoms with Gasteiger partial charge in [0.2, 0.25) is 11.8 Å². The third-order valence-corrected chi connectivity index (χ3v) is 5.53. The topological polar surface area (TPSA) is 77.2 Å². The van der Waals surface area contributed by atoms with Crippen molar-refractivity contribution in [1.29, 1.82) is 0 Å². The van der Waals surface area contributed by atoms with Crippen LogP contribution in [0.5, 0.6) is 5.88 Å². The van der Waals surface area contributed by atoms with Crippen molar-refractivity contribution < 1.29 is 13.9 Å². The monoisotopic (exact) mass is 455 g/mol. The molecule has 0 aliphatic rings. The van der Waals surface area contributed by atoms with Crippen molar-refractivity contribution in [1.82, 2.24) is 4.98 Å². The van der Waals surface area contributed by atoms with E-state index in [1.165, 1.54) is 6.07 Å². The lowest BCUT2D eigenvalue weighted by Gasteiger charge is -2.19. The maximum absolute atomic E-state index is 14.4. The Balaban J connectivity index is 1.84. The van der Waals surface area contributed by atoms with Crippen LogP contribution in [0.25, 0.3) is 0 Å². The van der Waals surface area contributed by atoms with E-state index in [-0.39, 0.29) is 30.1 Å². The smallest absolute Gasteiger partial charge is 0.225 e. The second kappa shape index (κ2) is 11.1. The highest BCUT2D eigenvalue weighted by Crippen LogP contribution is 2.30. The third-order valence-electron chi connectivity index (χ3n) is 5.28. The number of nitrogens with two attached hydrogens (primary N) is 1. The number of halogens is 2. The van der Waals surface area contributed by atoms with E-state index in [1.807, 2.05) is 25.1 Å².